The minimum atomic E-state index is -3.20. The molecule has 0 rings (SSSR count). The Hall–Kier alpha value is -0.460. The summed E-state index contributed by atoms with van der Waals surface area (Å²) < 4.78 is 23.6. The van der Waals surface area contributed by atoms with Crippen molar-refractivity contribution < 1.29 is 28.4 Å². The summed E-state index contributed by atoms with van der Waals surface area (Å²) in [6.45, 7) is 16.1. The van der Waals surface area contributed by atoms with E-state index >= 15 is 0 Å². The van der Waals surface area contributed by atoms with Crippen molar-refractivity contribution in [1.29, 1.82) is 0 Å². The van der Waals surface area contributed by atoms with Crippen LogP contribution in [0, 0.1) is 11.3 Å². The van der Waals surface area contributed by atoms with E-state index < -0.39 is 24.6 Å². The van der Waals surface area contributed by atoms with Crippen molar-refractivity contribution >= 4 is 13.6 Å². The molecule has 0 aliphatic carbocycles. The molecule has 25 heavy (non-hydrogen) atoms. The second-order valence-corrected chi connectivity index (χ2v) is 9.95. The first kappa shape index (κ1) is 24.5. The minimum Gasteiger partial charge on any atom is -0.479 e. The standard InChI is InChI=1S/C17H36NO6P/c1-9-22-25(21,23-10-2)13-16(5,6)12-18(11-14(3)4)24-17(7,8)15(19)20/h14H,9-13H2,1-8H3,(H,19,20). The second-order valence-electron chi connectivity index (χ2n) is 7.89. The lowest BCUT2D eigenvalue weighted by molar-refractivity contribution is -0.250. The Morgan fingerprint density at radius 3 is 1.96 bits per heavy atom. The average Bonchev–Trinajstić information content (AvgIpc) is 2.35. The third-order valence-electron chi connectivity index (χ3n) is 3.32. The monoisotopic (exact) mass is 381 g/mol. The fourth-order valence-electron chi connectivity index (χ4n) is 2.48. The molecule has 0 unspecified atom stereocenters. The van der Waals surface area contributed by atoms with Crippen LogP contribution in [0.15, 0.2) is 0 Å². The topological polar surface area (TPSA) is 85.3 Å². The number of carboxylic acid groups (broad SMARTS) is 1. The van der Waals surface area contributed by atoms with Gasteiger partial charge in [-0.15, -0.1) is 0 Å². The van der Waals surface area contributed by atoms with Gasteiger partial charge in [0.1, 0.15) is 0 Å². The van der Waals surface area contributed by atoms with Gasteiger partial charge in [-0.2, -0.15) is 5.06 Å². The van der Waals surface area contributed by atoms with E-state index in [0.717, 1.165) is 0 Å². The summed E-state index contributed by atoms with van der Waals surface area (Å²) in [7, 11) is -3.20. The number of rotatable bonds is 13. The number of nitrogens with zero attached hydrogens (tertiary/aromatic N) is 1. The van der Waals surface area contributed by atoms with Crippen molar-refractivity contribution in [3.05, 3.63) is 0 Å². The molecule has 0 heterocycles. The lowest BCUT2D eigenvalue weighted by Gasteiger charge is -2.37. The van der Waals surface area contributed by atoms with Gasteiger partial charge >= 0.3 is 13.6 Å². The molecule has 0 bridgehead atoms. The molecule has 0 radical (unpaired) electrons. The fraction of sp³-hybridized carbons (Fsp3) is 0.941. The van der Waals surface area contributed by atoms with E-state index in [2.05, 4.69) is 0 Å². The summed E-state index contributed by atoms with van der Waals surface area (Å²) in [5.74, 6) is -0.751. The van der Waals surface area contributed by atoms with Gasteiger partial charge in [0, 0.05) is 13.1 Å². The van der Waals surface area contributed by atoms with Gasteiger partial charge in [0.2, 0.25) is 0 Å². The van der Waals surface area contributed by atoms with Crippen LogP contribution in [0.3, 0.4) is 0 Å². The molecular formula is C17H36NO6P. The van der Waals surface area contributed by atoms with Crippen LogP contribution < -0.4 is 0 Å². The lowest BCUT2D eigenvalue weighted by atomic mass is 9.96. The van der Waals surface area contributed by atoms with E-state index in [1.165, 1.54) is 13.8 Å². The van der Waals surface area contributed by atoms with E-state index in [1.54, 1.807) is 18.9 Å². The van der Waals surface area contributed by atoms with Gasteiger partial charge in [0.25, 0.3) is 0 Å². The van der Waals surface area contributed by atoms with Crippen LogP contribution in [0.4, 0.5) is 0 Å². The molecule has 150 valence electrons. The Kier molecular flexibility index (Phi) is 9.84. The summed E-state index contributed by atoms with van der Waals surface area (Å²) in [5, 5.41) is 11.0. The van der Waals surface area contributed by atoms with Gasteiger partial charge in [-0.3, -0.25) is 9.40 Å². The smallest absolute Gasteiger partial charge is 0.337 e. The van der Waals surface area contributed by atoms with E-state index in [-0.39, 0.29) is 12.1 Å². The second kappa shape index (κ2) is 10.0. The van der Waals surface area contributed by atoms with Gasteiger partial charge in [-0.1, -0.05) is 27.7 Å². The van der Waals surface area contributed by atoms with Crippen molar-refractivity contribution in [3.8, 4) is 0 Å². The van der Waals surface area contributed by atoms with Gasteiger partial charge in [0.15, 0.2) is 5.60 Å². The third kappa shape index (κ3) is 9.71. The maximum Gasteiger partial charge on any atom is 0.337 e. The Bertz CT molecular complexity index is 454. The molecule has 1 N–H and O–H groups in total. The molecule has 0 aromatic rings. The van der Waals surface area contributed by atoms with Gasteiger partial charge < -0.3 is 14.2 Å². The first-order valence-electron chi connectivity index (χ1n) is 8.82. The van der Waals surface area contributed by atoms with Crippen LogP contribution in [0.1, 0.15) is 55.4 Å². The SMILES string of the molecule is CCOP(=O)(CC(C)(C)CN(CC(C)C)OC(C)(C)C(=O)O)OCC. The molecule has 0 aliphatic rings. The molecule has 0 saturated carbocycles. The fourth-order valence-corrected chi connectivity index (χ4v) is 4.67. The molecular weight excluding hydrogens is 345 g/mol. The number of hydrogen-bond donors (Lipinski definition) is 1. The summed E-state index contributed by atoms with van der Waals surface area (Å²) in [6.07, 6.45) is 0.229. The quantitative estimate of drug-likeness (QED) is 0.381. The first-order chi connectivity index (χ1) is 11.3. The number of aliphatic carboxylic acids is 1. The van der Waals surface area contributed by atoms with Crippen LogP contribution >= 0.6 is 7.60 Å². The molecule has 0 atom stereocenters. The number of carbonyl (C=O) groups is 1. The highest BCUT2D eigenvalue weighted by Crippen LogP contribution is 2.52. The molecule has 0 spiro atoms. The molecule has 0 saturated heterocycles. The maximum absolute atomic E-state index is 12.8. The van der Waals surface area contributed by atoms with Crippen LogP contribution in [0.25, 0.3) is 0 Å². The van der Waals surface area contributed by atoms with E-state index in [1.807, 2.05) is 27.7 Å². The third-order valence-corrected chi connectivity index (χ3v) is 5.87. The Morgan fingerprint density at radius 2 is 1.60 bits per heavy atom. The van der Waals surface area contributed by atoms with Crippen molar-refractivity contribution in [3.63, 3.8) is 0 Å². The van der Waals surface area contributed by atoms with Crippen LogP contribution in [0.2, 0.25) is 0 Å². The molecule has 0 aromatic carbocycles. The summed E-state index contributed by atoms with van der Waals surface area (Å²) in [4.78, 5) is 17.1. The van der Waals surface area contributed by atoms with Crippen molar-refractivity contribution in [2.24, 2.45) is 11.3 Å². The Labute approximate surface area is 152 Å². The van der Waals surface area contributed by atoms with E-state index in [0.29, 0.717) is 26.3 Å². The summed E-state index contributed by atoms with van der Waals surface area (Å²) in [5.41, 5.74) is -1.79. The maximum atomic E-state index is 12.8. The van der Waals surface area contributed by atoms with Crippen LogP contribution in [-0.4, -0.2) is 54.2 Å². The van der Waals surface area contributed by atoms with Crippen LogP contribution in [0.5, 0.6) is 0 Å². The zero-order valence-corrected chi connectivity index (χ0v) is 17.9. The highest BCUT2D eigenvalue weighted by Gasteiger charge is 2.38. The minimum absolute atomic E-state index is 0.229. The van der Waals surface area contributed by atoms with Crippen molar-refractivity contribution in [2.45, 2.75) is 61.0 Å². The number of hydroxylamine groups is 2. The van der Waals surface area contributed by atoms with Gasteiger partial charge in [-0.05, 0) is 39.0 Å². The molecule has 8 heteroatoms. The van der Waals surface area contributed by atoms with E-state index in [9.17, 15) is 14.5 Å². The average molecular weight is 381 g/mol. The Balaban J connectivity index is 5.23. The Morgan fingerprint density at radius 1 is 1.12 bits per heavy atom. The summed E-state index contributed by atoms with van der Waals surface area (Å²) in [6, 6.07) is 0. The number of carboxylic acids is 1. The highest BCUT2D eigenvalue weighted by atomic mass is 31.2. The largest absolute Gasteiger partial charge is 0.479 e. The van der Waals surface area contributed by atoms with Crippen molar-refractivity contribution in [1.82, 2.24) is 5.06 Å². The molecule has 0 amide bonds. The van der Waals surface area contributed by atoms with E-state index in [4.69, 9.17) is 13.9 Å². The number of hydrogen-bond acceptors (Lipinski definition) is 6. The highest BCUT2D eigenvalue weighted by molar-refractivity contribution is 7.53. The molecule has 7 nitrogen and oxygen atoms in total. The van der Waals surface area contributed by atoms with Gasteiger partial charge in [-0.25, -0.2) is 4.79 Å². The summed E-state index contributed by atoms with van der Waals surface area (Å²) >= 11 is 0. The molecule has 0 aromatic heterocycles. The molecule has 0 fully saturated rings. The predicted molar refractivity (Wildman–Crippen MR) is 98.7 cm³/mol. The van der Waals surface area contributed by atoms with Gasteiger partial charge in [0.05, 0.1) is 19.4 Å². The molecule has 0 aliphatic heterocycles. The van der Waals surface area contributed by atoms with Crippen molar-refractivity contribution in [2.75, 3.05) is 32.5 Å². The lowest BCUT2D eigenvalue weighted by Crippen LogP contribution is -2.47. The normalized spacial score (nSPS) is 13.7. The first-order valence-corrected chi connectivity index (χ1v) is 10.6. The predicted octanol–water partition coefficient (Wildman–Crippen LogP) is 4.03. The van der Waals surface area contributed by atoms with Crippen LogP contribution in [-0.2, 0) is 23.2 Å². The zero-order chi connectivity index (χ0) is 19.9. The zero-order valence-electron chi connectivity index (χ0n) is 17.0.